The van der Waals surface area contributed by atoms with Gasteiger partial charge in [0.1, 0.15) is 0 Å². The van der Waals surface area contributed by atoms with E-state index in [0.29, 0.717) is 6.04 Å². The van der Waals surface area contributed by atoms with Crippen molar-refractivity contribution in [3.05, 3.63) is 29.8 Å². The summed E-state index contributed by atoms with van der Waals surface area (Å²) in [4.78, 5) is 11.4. The SMILES string of the molecule is CCCNC(C)c1ccc(NC(=O)OC(C)C)cc1. The van der Waals surface area contributed by atoms with Crippen molar-refractivity contribution >= 4 is 11.8 Å². The molecule has 106 valence electrons. The van der Waals surface area contributed by atoms with Crippen LogP contribution in [0.15, 0.2) is 24.3 Å². The molecule has 0 saturated heterocycles. The summed E-state index contributed by atoms with van der Waals surface area (Å²) in [6, 6.07) is 8.12. The Balaban J connectivity index is 2.53. The van der Waals surface area contributed by atoms with E-state index in [0.717, 1.165) is 18.7 Å². The zero-order valence-corrected chi connectivity index (χ0v) is 12.2. The third-order valence-electron chi connectivity index (χ3n) is 2.70. The molecule has 0 spiro atoms. The maximum atomic E-state index is 11.4. The highest BCUT2D eigenvalue weighted by Gasteiger charge is 2.07. The Morgan fingerprint density at radius 2 is 1.84 bits per heavy atom. The van der Waals surface area contributed by atoms with E-state index in [4.69, 9.17) is 4.74 Å². The summed E-state index contributed by atoms with van der Waals surface area (Å²) in [6.07, 6.45) is 0.586. The van der Waals surface area contributed by atoms with E-state index in [-0.39, 0.29) is 6.10 Å². The minimum atomic E-state index is -0.417. The molecule has 0 radical (unpaired) electrons. The van der Waals surface area contributed by atoms with Crippen molar-refractivity contribution in [3.63, 3.8) is 0 Å². The van der Waals surface area contributed by atoms with Gasteiger partial charge in [-0.15, -0.1) is 0 Å². The van der Waals surface area contributed by atoms with E-state index in [1.807, 2.05) is 38.1 Å². The van der Waals surface area contributed by atoms with Gasteiger partial charge in [0.15, 0.2) is 0 Å². The van der Waals surface area contributed by atoms with Crippen LogP contribution in [0.25, 0.3) is 0 Å². The third-order valence-corrected chi connectivity index (χ3v) is 2.70. The van der Waals surface area contributed by atoms with E-state index < -0.39 is 6.09 Å². The Morgan fingerprint density at radius 1 is 1.21 bits per heavy atom. The zero-order valence-electron chi connectivity index (χ0n) is 12.2. The number of nitrogens with one attached hydrogen (secondary N) is 2. The summed E-state index contributed by atoms with van der Waals surface area (Å²) in [7, 11) is 0. The molecule has 1 rings (SSSR count). The summed E-state index contributed by atoms with van der Waals surface area (Å²) >= 11 is 0. The second-order valence-corrected chi connectivity index (χ2v) is 4.88. The van der Waals surface area contributed by atoms with Crippen molar-refractivity contribution in [3.8, 4) is 0 Å². The lowest BCUT2D eigenvalue weighted by molar-refractivity contribution is 0.130. The molecule has 1 atom stereocenters. The van der Waals surface area contributed by atoms with Crippen LogP contribution in [0.1, 0.15) is 45.7 Å². The highest BCUT2D eigenvalue weighted by Crippen LogP contribution is 2.16. The molecule has 0 aliphatic carbocycles. The van der Waals surface area contributed by atoms with Gasteiger partial charge in [0.2, 0.25) is 0 Å². The first kappa shape index (κ1) is 15.5. The Labute approximate surface area is 115 Å². The minimum absolute atomic E-state index is 0.113. The first-order chi connectivity index (χ1) is 9.02. The predicted octanol–water partition coefficient (Wildman–Crippen LogP) is 3.70. The molecule has 0 aliphatic heterocycles. The molecule has 0 aliphatic rings. The molecule has 2 N–H and O–H groups in total. The highest BCUT2D eigenvalue weighted by atomic mass is 16.6. The number of hydrogen-bond donors (Lipinski definition) is 2. The van der Waals surface area contributed by atoms with Crippen LogP contribution in [-0.4, -0.2) is 18.7 Å². The lowest BCUT2D eigenvalue weighted by Crippen LogP contribution is -2.19. The van der Waals surface area contributed by atoms with Gasteiger partial charge in [-0.1, -0.05) is 19.1 Å². The molecule has 4 nitrogen and oxygen atoms in total. The first-order valence-electron chi connectivity index (χ1n) is 6.84. The van der Waals surface area contributed by atoms with E-state index in [9.17, 15) is 4.79 Å². The summed E-state index contributed by atoms with van der Waals surface area (Å²) in [5.74, 6) is 0. The van der Waals surface area contributed by atoms with Crippen LogP contribution < -0.4 is 10.6 Å². The van der Waals surface area contributed by atoms with Crippen LogP contribution in [0.4, 0.5) is 10.5 Å². The molecule has 0 aromatic heterocycles. The van der Waals surface area contributed by atoms with Gasteiger partial charge in [-0.25, -0.2) is 4.79 Å². The Morgan fingerprint density at radius 3 is 2.37 bits per heavy atom. The van der Waals surface area contributed by atoms with Crippen molar-refractivity contribution in [1.29, 1.82) is 0 Å². The Hall–Kier alpha value is -1.55. The number of carbonyl (C=O) groups excluding carboxylic acids is 1. The van der Waals surface area contributed by atoms with Crippen LogP contribution >= 0.6 is 0 Å². The summed E-state index contributed by atoms with van der Waals surface area (Å²) in [5.41, 5.74) is 1.95. The number of carbonyl (C=O) groups is 1. The van der Waals surface area contributed by atoms with E-state index >= 15 is 0 Å². The van der Waals surface area contributed by atoms with E-state index in [1.165, 1.54) is 5.56 Å². The monoisotopic (exact) mass is 264 g/mol. The average molecular weight is 264 g/mol. The van der Waals surface area contributed by atoms with Crippen molar-refractivity contribution in [2.45, 2.75) is 46.3 Å². The smallest absolute Gasteiger partial charge is 0.411 e. The molecule has 0 heterocycles. The lowest BCUT2D eigenvalue weighted by Gasteiger charge is -2.14. The van der Waals surface area contributed by atoms with Crippen molar-refractivity contribution in [2.75, 3.05) is 11.9 Å². The van der Waals surface area contributed by atoms with Crippen molar-refractivity contribution in [1.82, 2.24) is 5.32 Å². The molecular formula is C15H24N2O2. The van der Waals surface area contributed by atoms with Gasteiger partial charge in [-0.3, -0.25) is 5.32 Å². The number of hydrogen-bond acceptors (Lipinski definition) is 3. The second kappa shape index (κ2) is 7.79. The topological polar surface area (TPSA) is 50.4 Å². The van der Waals surface area contributed by atoms with Gasteiger partial charge in [0.05, 0.1) is 6.10 Å². The predicted molar refractivity (Wildman–Crippen MR) is 78.4 cm³/mol. The Kier molecular flexibility index (Phi) is 6.36. The fourth-order valence-corrected chi connectivity index (χ4v) is 1.70. The fraction of sp³-hybridized carbons (Fsp3) is 0.533. The summed E-state index contributed by atoms with van der Waals surface area (Å²) in [5, 5.41) is 6.12. The molecule has 1 aromatic rings. The van der Waals surface area contributed by atoms with Crippen molar-refractivity contribution in [2.24, 2.45) is 0 Å². The normalized spacial score (nSPS) is 12.3. The largest absolute Gasteiger partial charge is 0.447 e. The minimum Gasteiger partial charge on any atom is -0.447 e. The molecule has 0 fully saturated rings. The van der Waals surface area contributed by atoms with E-state index in [1.54, 1.807) is 0 Å². The van der Waals surface area contributed by atoms with Crippen LogP contribution in [0.2, 0.25) is 0 Å². The summed E-state index contributed by atoms with van der Waals surface area (Å²) < 4.78 is 5.02. The van der Waals surface area contributed by atoms with Gasteiger partial charge >= 0.3 is 6.09 Å². The van der Waals surface area contributed by atoms with Gasteiger partial charge in [-0.2, -0.15) is 0 Å². The van der Waals surface area contributed by atoms with Crippen molar-refractivity contribution < 1.29 is 9.53 Å². The molecular weight excluding hydrogens is 240 g/mol. The average Bonchev–Trinajstić information content (AvgIpc) is 2.35. The molecule has 1 unspecified atom stereocenters. The summed E-state index contributed by atoms with van der Waals surface area (Å²) in [6.45, 7) is 8.92. The van der Waals surface area contributed by atoms with Gasteiger partial charge in [-0.05, 0) is 51.4 Å². The molecule has 4 heteroatoms. The number of anilines is 1. The first-order valence-corrected chi connectivity index (χ1v) is 6.84. The van der Waals surface area contributed by atoms with Gasteiger partial charge in [0.25, 0.3) is 0 Å². The third kappa shape index (κ3) is 5.75. The fourth-order valence-electron chi connectivity index (χ4n) is 1.70. The van der Waals surface area contributed by atoms with E-state index in [2.05, 4.69) is 24.5 Å². The number of rotatable bonds is 6. The maximum absolute atomic E-state index is 11.4. The number of ether oxygens (including phenoxy) is 1. The molecule has 1 aromatic carbocycles. The van der Waals surface area contributed by atoms with Gasteiger partial charge < -0.3 is 10.1 Å². The van der Waals surface area contributed by atoms with Gasteiger partial charge in [0, 0.05) is 11.7 Å². The molecule has 0 bridgehead atoms. The quantitative estimate of drug-likeness (QED) is 0.823. The molecule has 0 saturated carbocycles. The maximum Gasteiger partial charge on any atom is 0.411 e. The highest BCUT2D eigenvalue weighted by molar-refractivity contribution is 5.84. The number of amides is 1. The molecule has 19 heavy (non-hydrogen) atoms. The van der Waals surface area contributed by atoms with Crippen LogP contribution in [-0.2, 0) is 4.74 Å². The lowest BCUT2D eigenvalue weighted by atomic mass is 10.1. The molecule has 1 amide bonds. The van der Waals surface area contributed by atoms with Crippen LogP contribution in [0.5, 0.6) is 0 Å². The Bertz CT molecular complexity index is 388. The zero-order chi connectivity index (χ0) is 14.3. The van der Waals surface area contributed by atoms with Crippen LogP contribution in [0, 0.1) is 0 Å². The van der Waals surface area contributed by atoms with Crippen LogP contribution in [0.3, 0.4) is 0 Å². The second-order valence-electron chi connectivity index (χ2n) is 4.88. The number of benzene rings is 1. The standard InChI is InChI=1S/C15H24N2O2/c1-5-10-16-12(4)13-6-8-14(9-7-13)17-15(18)19-11(2)3/h6-9,11-12,16H,5,10H2,1-4H3,(H,17,18).